The van der Waals surface area contributed by atoms with Gasteiger partial charge in [-0.25, -0.2) is 0 Å². The van der Waals surface area contributed by atoms with Crippen LogP contribution in [0, 0.1) is 0 Å². The Balaban J connectivity index is 2.55. The Labute approximate surface area is 96.9 Å². The summed E-state index contributed by atoms with van der Waals surface area (Å²) in [6.07, 6.45) is 1.94. The third kappa shape index (κ3) is 3.52. The van der Waals surface area contributed by atoms with E-state index in [0.29, 0.717) is 19.6 Å². The summed E-state index contributed by atoms with van der Waals surface area (Å²) in [6, 6.07) is 0. The lowest BCUT2D eigenvalue weighted by atomic mass is 10.1. The number of hydrogen-bond donors (Lipinski definition) is 1. The molecule has 4 nitrogen and oxygen atoms in total. The second-order valence-electron chi connectivity index (χ2n) is 4.35. The standard InChI is InChI=1S/C12H21NO3/c1-9(14)6-7-13(3)12(15)11-5-4-8-16-10(11)2/h9,14H,4-8H2,1-3H3. The maximum absolute atomic E-state index is 12.0. The highest BCUT2D eigenvalue weighted by Gasteiger charge is 2.20. The normalized spacial score (nSPS) is 18.0. The quantitative estimate of drug-likeness (QED) is 0.787. The van der Waals surface area contributed by atoms with E-state index in [2.05, 4.69) is 0 Å². The topological polar surface area (TPSA) is 49.8 Å². The van der Waals surface area contributed by atoms with E-state index in [1.54, 1.807) is 18.9 Å². The lowest BCUT2D eigenvalue weighted by Crippen LogP contribution is -2.32. The summed E-state index contributed by atoms with van der Waals surface area (Å²) < 4.78 is 5.37. The highest BCUT2D eigenvalue weighted by Crippen LogP contribution is 2.20. The predicted molar refractivity (Wildman–Crippen MR) is 61.8 cm³/mol. The number of nitrogens with zero attached hydrogens (tertiary/aromatic N) is 1. The van der Waals surface area contributed by atoms with Crippen LogP contribution >= 0.6 is 0 Å². The molecule has 92 valence electrons. The average Bonchev–Trinajstić information content (AvgIpc) is 2.25. The Bertz CT molecular complexity index is 284. The smallest absolute Gasteiger partial charge is 0.252 e. The molecule has 0 spiro atoms. The Hall–Kier alpha value is -1.03. The predicted octanol–water partition coefficient (Wildman–Crippen LogP) is 1.30. The van der Waals surface area contributed by atoms with Gasteiger partial charge in [0.25, 0.3) is 5.91 Å². The molecule has 0 aromatic carbocycles. The zero-order chi connectivity index (χ0) is 12.1. The Kier molecular flexibility index (Phi) is 4.80. The van der Waals surface area contributed by atoms with Crippen molar-refractivity contribution in [3.63, 3.8) is 0 Å². The number of carbonyl (C=O) groups is 1. The molecule has 0 aliphatic carbocycles. The third-order valence-electron chi connectivity index (χ3n) is 2.80. The first-order valence-corrected chi connectivity index (χ1v) is 5.78. The molecule has 0 saturated heterocycles. The Morgan fingerprint density at radius 3 is 2.88 bits per heavy atom. The van der Waals surface area contributed by atoms with Gasteiger partial charge in [-0.1, -0.05) is 0 Å². The van der Waals surface area contributed by atoms with Gasteiger partial charge in [-0.3, -0.25) is 4.79 Å². The van der Waals surface area contributed by atoms with Crippen molar-refractivity contribution >= 4 is 5.91 Å². The number of hydrogen-bond acceptors (Lipinski definition) is 3. The fourth-order valence-electron chi connectivity index (χ4n) is 1.71. The number of aliphatic hydroxyl groups is 1. The molecule has 0 saturated carbocycles. The summed E-state index contributed by atoms with van der Waals surface area (Å²) >= 11 is 0. The van der Waals surface area contributed by atoms with Gasteiger partial charge in [-0.2, -0.15) is 0 Å². The monoisotopic (exact) mass is 227 g/mol. The highest BCUT2D eigenvalue weighted by molar-refractivity contribution is 5.93. The lowest BCUT2D eigenvalue weighted by Gasteiger charge is -2.23. The van der Waals surface area contributed by atoms with E-state index in [1.807, 2.05) is 6.92 Å². The van der Waals surface area contributed by atoms with Gasteiger partial charge in [0.2, 0.25) is 0 Å². The number of ether oxygens (including phenoxy) is 1. The number of allylic oxidation sites excluding steroid dienone is 1. The van der Waals surface area contributed by atoms with Crippen LogP contribution in [0.1, 0.15) is 33.1 Å². The molecular weight excluding hydrogens is 206 g/mol. The van der Waals surface area contributed by atoms with Crippen LogP contribution in [0.2, 0.25) is 0 Å². The van der Waals surface area contributed by atoms with Gasteiger partial charge in [0.05, 0.1) is 18.3 Å². The number of likely N-dealkylation sites (N-methyl/N-ethyl adjacent to an activating group) is 1. The third-order valence-corrected chi connectivity index (χ3v) is 2.80. The maximum atomic E-state index is 12.0. The molecule has 1 unspecified atom stereocenters. The van der Waals surface area contributed by atoms with Crippen molar-refractivity contribution in [1.29, 1.82) is 0 Å². The molecule has 1 heterocycles. The molecule has 1 amide bonds. The Morgan fingerprint density at radius 1 is 1.62 bits per heavy atom. The molecule has 1 N–H and O–H groups in total. The number of carbonyl (C=O) groups excluding carboxylic acids is 1. The van der Waals surface area contributed by atoms with Gasteiger partial charge in [-0.05, 0) is 33.1 Å². The van der Waals surface area contributed by atoms with Crippen LogP contribution in [0.3, 0.4) is 0 Å². The van der Waals surface area contributed by atoms with E-state index in [1.165, 1.54) is 0 Å². The van der Waals surface area contributed by atoms with Gasteiger partial charge >= 0.3 is 0 Å². The molecule has 1 atom stereocenters. The van der Waals surface area contributed by atoms with Crippen LogP contribution in [0.15, 0.2) is 11.3 Å². The van der Waals surface area contributed by atoms with Crippen molar-refractivity contribution in [2.24, 2.45) is 0 Å². The largest absolute Gasteiger partial charge is 0.498 e. The molecule has 1 aliphatic rings. The van der Waals surface area contributed by atoms with Gasteiger partial charge < -0.3 is 14.7 Å². The highest BCUT2D eigenvalue weighted by atomic mass is 16.5. The van der Waals surface area contributed by atoms with Gasteiger partial charge in [0.15, 0.2) is 0 Å². The van der Waals surface area contributed by atoms with Crippen LogP contribution in [-0.4, -0.2) is 42.2 Å². The first-order valence-electron chi connectivity index (χ1n) is 5.78. The molecule has 0 radical (unpaired) electrons. The minimum atomic E-state index is -0.368. The average molecular weight is 227 g/mol. The molecule has 0 bridgehead atoms. The van der Waals surface area contributed by atoms with Crippen molar-refractivity contribution in [3.05, 3.63) is 11.3 Å². The minimum absolute atomic E-state index is 0.0258. The van der Waals surface area contributed by atoms with E-state index in [4.69, 9.17) is 4.74 Å². The second kappa shape index (κ2) is 5.89. The first-order chi connectivity index (χ1) is 7.52. The molecule has 16 heavy (non-hydrogen) atoms. The number of aliphatic hydroxyl groups excluding tert-OH is 1. The SMILES string of the molecule is CC1=C(C(=O)N(C)CCC(C)O)CCCO1. The summed E-state index contributed by atoms with van der Waals surface area (Å²) in [5.41, 5.74) is 0.777. The summed E-state index contributed by atoms with van der Waals surface area (Å²) in [5, 5.41) is 9.17. The lowest BCUT2D eigenvalue weighted by molar-refractivity contribution is -0.126. The second-order valence-corrected chi connectivity index (χ2v) is 4.35. The van der Waals surface area contributed by atoms with E-state index in [0.717, 1.165) is 24.2 Å². The first kappa shape index (κ1) is 13.0. The molecule has 4 heteroatoms. The van der Waals surface area contributed by atoms with Crippen molar-refractivity contribution in [2.75, 3.05) is 20.2 Å². The maximum Gasteiger partial charge on any atom is 0.252 e. The Morgan fingerprint density at radius 2 is 2.31 bits per heavy atom. The van der Waals surface area contributed by atoms with E-state index < -0.39 is 0 Å². The molecule has 0 fully saturated rings. The van der Waals surface area contributed by atoms with Crippen LogP contribution < -0.4 is 0 Å². The van der Waals surface area contributed by atoms with Crippen LogP contribution in [0.5, 0.6) is 0 Å². The zero-order valence-corrected chi connectivity index (χ0v) is 10.3. The van der Waals surface area contributed by atoms with Crippen LogP contribution in [0.4, 0.5) is 0 Å². The number of rotatable bonds is 4. The van der Waals surface area contributed by atoms with E-state index in [9.17, 15) is 9.90 Å². The van der Waals surface area contributed by atoms with Gasteiger partial charge in [0, 0.05) is 13.6 Å². The van der Waals surface area contributed by atoms with Crippen molar-refractivity contribution in [2.45, 2.75) is 39.2 Å². The minimum Gasteiger partial charge on any atom is -0.498 e. The van der Waals surface area contributed by atoms with Crippen LogP contribution in [0.25, 0.3) is 0 Å². The summed E-state index contributed by atoms with van der Waals surface area (Å²) in [7, 11) is 1.76. The molecule has 1 rings (SSSR count). The van der Waals surface area contributed by atoms with Crippen LogP contribution in [-0.2, 0) is 9.53 Å². The summed E-state index contributed by atoms with van der Waals surface area (Å²) in [4.78, 5) is 13.7. The molecule has 1 aliphatic heterocycles. The molecule has 0 aromatic rings. The van der Waals surface area contributed by atoms with Crippen molar-refractivity contribution < 1.29 is 14.6 Å². The molecule has 0 aromatic heterocycles. The fourth-order valence-corrected chi connectivity index (χ4v) is 1.71. The van der Waals surface area contributed by atoms with Crippen molar-refractivity contribution in [1.82, 2.24) is 4.90 Å². The van der Waals surface area contributed by atoms with Crippen molar-refractivity contribution in [3.8, 4) is 0 Å². The van der Waals surface area contributed by atoms with E-state index in [-0.39, 0.29) is 12.0 Å². The van der Waals surface area contributed by atoms with Gasteiger partial charge in [0.1, 0.15) is 5.76 Å². The van der Waals surface area contributed by atoms with E-state index >= 15 is 0 Å². The fraction of sp³-hybridized carbons (Fsp3) is 0.750. The van der Waals surface area contributed by atoms with Gasteiger partial charge in [-0.15, -0.1) is 0 Å². The number of amides is 1. The molecular formula is C12H21NO3. The summed E-state index contributed by atoms with van der Waals surface area (Å²) in [5.74, 6) is 0.776. The zero-order valence-electron chi connectivity index (χ0n) is 10.3. The summed E-state index contributed by atoms with van der Waals surface area (Å²) in [6.45, 7) is 4.86.